The van der Waals surface area contributed by atoms with Crippen molar-refractivity contribution >= 4 is 34.7 Å². The fourth-order valence-electron chi connectivity index (χ4n) is 4.45. The number of benzene rings is 1. The van der Waals surface area contributed by atoms with Crippen LogP contribution < -0.4 is 5.32 Å². The number of fused-ring (bicyclic) bond motifs is 1. The third-order valence-electron chi connectivity index (χ3n) is 6.14. The molecule has 1 unspecified atom stereocenters. The molecule has 7 nitrogen and oxygen atoms in total. The smallest absolute Gasteiger partial charge is 0.256 e. The second-order valence-corrected chi connectivity index (χ2v) is 8.57. The van der Waals surface area contributed by atoms with Crippen LogP contribution in [0.25, 0.3) is 16.8 Å². The zero-order chi connectivity index (χ0) is 23.7. The Morgan fingerprint density at radius 1 is 1.15 bits per heavy atom. The Balaban J connectivity index is 1.47. The minimum atomic E-state index is -0.285. The zero-order valence-electron chi connectivity index (χ0n) is 18.3. The molecule has 170 valence electrons. The average Bonchev–Trinajstić information content (AvgIpc) is 3.49. The minimum Gasteiger partial charge on any atom is -0.339 e. The highest BCUT2D eigenvalue weighted by molar-refractivity contribution is 6.33. The van der Waals surface area contributed by atoms with Gasteiger partial charge < -0.3 is 14.6 Å². The minimum absolute atomic E-state index is 0.0458. The molecule has 1 N–H and O–H groups in total. The topological polar surface area (TPSA) is 79.6 Å². The van der Waals surface area contributed by atoms with Crippen LogP contribution in [0.4, 0.5) is 5.82 Å². The molecule has 2 amide bonds. The van der Waals surface area contributed by atoms with Crippen LogP contribution in [0.2, 0.25) is 5.02 Å². The molecule has 1 fully saturated rings. The molecule has 0 radical (unpaired) electrons. The van der Waals surface area contributed by atoms with E-state index >= 15 is 0 Å². The van der Waals surface area contributed by atoms with Gasteiger partial charge in [-0.05, 0) is 54.5 Å². The zero-order valence-corrected chi connectivity index (χ0v) is 19.1. The van der Waals surface area contributed by atoms with Crippen molar-refractivity contribution in [1.82, 2.24) is 19.3 Å². The standard InChI is InChI=1S/C26H22ClN5O2/c1-2-25(33)31-12-9-18(15-31)20-14-23(32-16-28-11-8-22(20)32)19-7-6-17(13-21(19)27)26(34)30-24-5-3-4-10-29-24/h2-8,10-11,13-14,16,18H,1,9,12,15H2,(H,29,30,34). The van der Waals surface area contributed by atoms with E-state index in [1.54, 1.807) is 49.1 Å². The number of amides is 2. The van der Waals surface area contributed by atoms with Crippen LogP contribution in [0.5, 0.6) is 0 Å². The van der Waals surface area contributed by atoms with Gasteiger partial charge in [0.15, 0.2) is 0 Å². The summed E-state index contributed by atoms with van der Waals surface area (Å²) in [6.45, 7) is 4.95. The van der Waals surface area contributed by atoms with Crippen molar-refractivity contribution in [2.75, 3.05) is 18.4 Å². The summed E-state index contributed by atoms with van der Waals surface area (Å²) < 4.78 is 2.00. The molecule has 1 aliphatic heterocycles. The van der Waals surface area contributed by atoms with Gasteiger partial charge in [-0.3, -0.25) is 9.59 Å². The largest absolute Gasteiger partial charge is 0.339 e. The molecule has 4 aromatic rings. The number of hydrogen-bond donors (Lipinski definition) is 1. The van der Waals surface area contributed by atoms with E-state index in [0.717, 1.165) is 28.8 Å². The Bertz CT molecular complexity index is 1400. The number of carbonyl (C=O) groups is 2. The van der Waals surface area contributed by atoms with E-state index in [-0.39, 0.29) is 17.7 Å². The summed E-state index contributed by atoms with van der Waals surface area (Å²) in [4.78, 5) is 35.0. The monoisotopic (exact) mass is 471 g/mol. The summed E-state index contributed by atoms with van der Waals surface area (Å²) in [5.74, 6) is 0.349. The second-order valence-electron chi connectivity index (χ2n) is 8.16. The van der Waals surface area contributed by atoms with Crippen molar-refractivity contribution in [3.05, 3.63) is 96.1 Å². The molecular weight excluding hydrogens is 450 g/mol. The van der Waals surface area contributed by atoms with Crippen molar-refractivity contribution in [2.24, 2.45) is 0 Å². The van der Waals surface area contributed by atoms with E-state index in [9.17, 15) is 9.59 Å². The Hall–Kier alpha value is -3.97. The molecule has 34 heavy (non-hydrogen) atoms. The summed E-state index contributed by atoms with van der Waals surface area (Å²) in [6, 6.07) is 14.6. The number of nitrogens with one attached hydrogen (secondary N) is 1. The molecule has 1 saturated heterocycles. The predicted octanol–water partition coefficient (Wildman–Crippen LogP) is 4.80. The van der Waals surface area contributed by atoms with Crippen LogP contribution in [0.1, 0.15) is 28.3 Å². The molecule has 1 atom stereocenters. The van der Waals surface area contributed by atoms with E-state index in [0.29, 0.717) is 29.5 Å². The van der Waals surface area contributed by atoms with Gasteiger partial charge in [-0.15, -0.1) is 0 Å². The Kier molecular flexibility index (Phi) is 5.86. The van der Waals surface area contributed by atoms with Crippen LogP contribution in [0.15, 0.2) is 79.9 Å². The average molecular weight is 472 g/mol. The highest BCUT2D eigenvalue weighted by Crippen LogP contribution is 2.37. The molecule has 0 bridgehead atoms. The first kappa shape index (κ1) is 21.9. The lowest BCUT2D eigenvalue weighted by Gasteiger charge is -2.13. The summed E-state index contributed by atoms with van der Waals surface area (Å²) in [7, 11) is 0. The number of rotatable bonds is 5. The van der Waals surface area contributed by atoms with E-state index < -0.39 is 0 Å². The van der Waals surface area contributed by atoms with Crippen molar-refractivity contribution in [3.63, 3.8) is 0 Å². The lowest BCUT2D eigenvalue weighted by molar-refractivity contribution is -0.125. The highest BCUT2D eigenvalue weighted by Gasteiger charge is 2.29. The number of halogens is 1. The third-order valence-corrected chi connectivity index (χ3v) is 6.45. The van der Waals surface area contributed by atoms with Crippen LogP contribution in [-0.4, -0.2) is 44.2 Å². The van der Waals surface area contributed by atoms with Gasteiger partial charge in [0.05, 0.1) is 22.6 Å². The van der Waals surface area contributed by atoms with Gasteiger partial charge in [0.2, 0.25) is 5.91 Å². The number of anilines is 1. The fourth-order valence-corrected chi connectivity index (χ4v) is 4.72. The first-order chi connectivity index (χ1) is 16.5. The van der Waals surface area contributed by atoms with E-state index in [1.165, 1.54) is 6.08 Å². The molecule has 4 heterocycles. The first-order valence-corrected chi connectivity index (χ1v) is 11.3. The van der Waals surface area contributed by atoms with Crippen molar-refractivity contribution in [1.29, 1.82) is 0 Å². The summed E-state index contributed by atoms with van der Waals surface area (Å²) in [5, 5.41) is 3.23. The third kappa shape index (κ3) is 4.06. The Morgan fingerprint density at radius 3 is 2.79 bits per heavy atom. The SMILES string of the molecule is C=CC(=O)N1CCC(c2cc(-c3ccc(C(=O)Nc4ccccn4)cc3Cl)n3cnccc23)C1. The molecule has 0 spiro atoms. The van der Waals surface area contributed by atoms with E-state index in [4.69, 9.17) is 11.6 Å². The van der Waals surface area contributed by atoms with Gasteiger partial charge in [0, 0.05) is 42.5 Å². The molecule has 1 aromatic carbocycles. The Morgan fingerprint density at radius 2 is 2.03 bits per heavy atom. The first-order valence-electron chi connectivity index (χ1n) is 10.9. The maximum absolute atomic E-state index is 12.7. The van der Waals surface area contributed by atoms with Gasteiger partial charge in [0.25, 0.3) is 5.91 Å². The van der Waals surface area contributed by atoms with Gasteiger partial charge in [-0.1, -0.05) is 30.3 Å². The van der Waals surface area contributed by atoms with E-state index in [2.05, 4.69) is 27.9 Å². The Labute approximate surface area is 201 Å². The number of hydrogen-bond acceptors (Lipinski definition) is 4. The molecule has 3 aromatic heterocycles. The van der Waals surface area contributed by atoms with Gasteiger partial charge in [-0.25, -0.2) is 9.97 Å². The van der Waals surface area contributed by atoms with Crippen LogP contribution in [0.3, 0.4) is 0 Å². The molecule has 0 saturated carbocycles. The summed E-state index contributed by atoms with van der Waals surface area (Å²) >= 11 is 6.67. The number of likely N-dealkylation sites (tertiary alicyclic amines) is 1. The quantitative estimate of drug-likeness (QED) is 0.424. The normalized spacial score (nSPS) is 15.4. The van der Waals surface area contributed by atoms with Gasteiger partial charge in [-0.2, -0.15) is 0 Å². The molecule has 8 heteroatoms. The highest BCUT2D eigenvalue weighted by atomic mass is 35.5. The lowest BCUT2D eigenvalue weighted by Crippen LogP contribution is -2.26. The molecule has 0 aliphatic carbocycles. The van der Waals surface area contributed by atoms with Crippen molar-refractivity contribution < 1.29 is 9.59 Å². The second kappa shape index (κ2) is 9.11. The number of aromatic nitrogens is 3. The number of carbonyl (C=O) groups excluding carboxylic acids is 2. The molecule has 1 aliphatic rings. The maximum Gasteiger partial charge on any atom is 0.256 e. The molecule has 5 rings (SSSR count). The summed E-state index contributed by atoms with van der Waals surface area (Å²) in [6.07, 6.45) is 7.37. The van der Waals surface area contributed by atoms with Crippen molar-refractivity contribution in [3.8, 4) is 11.3 Å². The number of nitrogens with zero attached hydrogens (tertiary/aromatic N) is 4. The predicted molar refractivity (Wildman–Crippen MR) is 132 cm³/mol. The van der Waals surface area contributed by atoms with E-state index in [1.807, 2.05) is 21.4 Å². The van der Waals surface area contributed by atoms with Crippen LogP contribution in [0, 0.1) is 0 Å². The van der Waals surface area contributed by atoms with Crippen molar-refractivity contribution in [2.45, 2.75) is 12.3 Å². The van der Waals surface area contributed by atoms with Gasteiger partial charge in [0.1, 0.15) is 5.82 Å². The molecular formula is C26H22ClN5O2. The van der Waals surface area contributed by atoms with Crippen LogP contribution in [-0.2, 0) is 4.79 Å². The number of pyridine rings is 1. The van der Waals surface area contributed by atoms with Crippen LogP contribution >= 0.6 is 11.6 Å². The van der Waals surface area contributed by atoms with Gasteiger partial charge >= 0.3 is 0 Å². The summed E-state index contributed by atoms with van der Waals surface area (Å²) in [5.41, 5.74) is 4.28. The fraction of sp³-hybridized carbons (Fsp3) is 0.154. The maximum atomic E-state index is 12.7. The lowest BCUT2D eigenvalue weighted by atomic mass is 9.98.